The topological polar surface area (TPSA) is 40.5 Å². The first-order chi connectivity index (χ1) is 8.76. The molecule has 1 aliphatic rings. The molecule has 2 unspecified atom stereocenters. The van der Waals surface area contributed by atoms with Crippen molar-refractivity contribution >= 4 is 5.78 Å². The summed E-state index contributed by atoms with van der Waals surface area (Å²) in [5.41, 5.74) is 0.789. The van der Waals surface area contributed by atoms with Crippen LogP contribution in [0, 0.1) is 5.92 Å². The largest absolute Gasteiger partial charge is 0.396 e. The number of benzene rings is 1. The van der Waals surface area contributed by atoms with Gasteiger partial charge in [0.05, 0.1) is 6.04 Å². The minimum atomic E-state index is -0.0380. The molecule has 3 heteroatoms. The van der Waals surface area contributed by atoms with E-state index in [0.29, 0.717) is 5.92 Å². The number of likely N-dealkylation sites (tertiary alicyclic amines) is 1. The van der Waals surface area contributed by atoms with Crippen molar-refractivity contribution < 1.29 is 9.90 Å². The second kappa shape index (κ2) is 6.12. The number of Topliss-reactive ketones (excluding diaryl/α,β-unsaturated/α-hetero) is 1. The standard InChI is InChI=1S/C15H21NO2/c1-2-14(16-9-8-12(10-16)11-17)15(18)13-6-4-3-5-7-13/h3-7,12,14,17H,2,8-11H2,1H3. The van der Waals surface area contributed by atoms with Crippen LogP contribution in [0.1, 0.15) is 30.1 Å². The first-order valence-corrected chi connectivity index (χ1v) is 6.70. The van der Waals surface area contributed by atoms with Gasteiger partial charge in [0.2, 0.25) is 0 Å². The van der Waals surface area contributed by atoms with Crippen molar-refractivity contribution in [3.63, 3.8) is 0 Å². The molecule has 1 fully saturated rings. The summed E-state index contributed by atoms with van der Waals surface area (Å²) in [5, 5.41) is 9.18. The van der Waals surface area contributed by atoms with Crippen molar-refractivity contribution in [1.29, 1.82) is 0 Å². The third-order valence-corrected chi connectivity index (χ3v) is 3.76. The predicted molar refractivity (Wildman–Crippen MR) is 71.6 cm³/mol. The molecule has 0 spiro atoms. The van der Waals surface area contributed by atoms with Crippen molar-refractivity contribution in [2.75, 3.05) is 19.7 Å². The van der Waals surface area contributed by atoms with Crippen molar-refractivity contribution in [3.05, 3.63) is 35.9 Å². The lowest BCUT2D eigenvalue weighted by Crippen LogP contribution is -2.39. The Morgan fingerprint density at radius 2 is 2.17 bits per heavy atom. The molecule has 1 aliphatic heterocycles. The van der Waals surface area contributed by atoms with Crippen molar-refractivity contribution in [2.24, 2.45) is 5.92 Å². The molecular weight excluding hydrogens is 226 g/mol. The van der Waals surface area contributed by atoms with Crippen LogP contribution < -0.4 is 0 Å². The molecule has 1 N–H and O–H groups in total. The first-order valence-electron chi connectivity index (χ1n) is 6.70. The summed E-state index contributed by atoms with van der Waals surface area (Å²) in [6.45, 7) is 4.04. The Morgan fingerprint density at radius 3 is 2.72 bits per heavy atom. The number of ketones is 1. The average Bonchev–Trinajstić information content (AvgIpc) is 2.89. The minimum Gasteiger partial charge on any atom is -0.396 e. The number of carbonyl (C=O) groups is 1. The number of carbonyl (C=O) groups excluding carboxylic acids is 1. The summed E-state index contributed by atoms with van der Waals surface area (Å²) in [7, 11) is 0. The summed E-state index contributed by atoms with van der Waals surface area (Å²) in [6.07, 6.45) is 1.82. The predicted octanol–water partition coefficient (Wildman–Crippen LogP) is 1.96. The van der Waals surface area contributed by atoms with E-state index < -0.39 is 0 Å². The molecule has 1 heterocycles. The quantitative estimate of drug-likeness (QED) is 0.809. The first kappa shape index (κ1) is 13.2. The Kier molecular flexibility index (Phi) is 4.50. The fourth-order valence-corrected chi connectivity index (χ4v) is 2.70. The van der Waals surface area contributed by atoms with Crippen LogP contribution in [0.3, 0.4) is 0 Å². The molecule has 98 valence electrons. The van der Waals surface area contributed by atoms with Crippen LogP contribution in [0.5, 0.6) is 0 Å². The second-order valence-corrected chi connectivity index (χ2v) is 4.99. The molecular formula is C15H21NO2. The number of aliphatic hydroxyl groups is 1. The van der Waals surface area contributed by atoms with E-state index >= 15 is 0 Å². The van der Waals surface area contributed by atoms with Crippen LogP contribution in [-0.2, 0) is 0 Å². The SMILES string of the molecule is CCC(C(=O)c1ccccc1)N1CCC(CO)C1. The maximum atomic E-state index is 12.5. The van der Waals surface area contributed by atoms with Crippen molar-refractivity contribution in [2.45, 2.75) is 25.8 Å². The van der Waals surface area contributed by atoms with Gasteiger partial charge in [-0.15, -0.1) is 0 Å². The monoisotopic (exact) mass is 247 g/mol. The van der Waals surface area contributed by atoms with Crippen LogP contribution in [0.4, 0.5) is 0 Å². The molecule has 3 nitrogen and oxygen atoms in total. The Labute approximate surface area is 108 Å². The summed E-state index contributed by atoms with van der Waals surface area (Å²) in [6, 6.07) is 9.45. The molecule has 1 aromatic carbocycles. The highest BCUT2D eigenvalue weighted by Gasteiger charge is 2.31. The Morgan fingerprint density at radius 1 is 1.44 bits per heavy atom. The summed E-state index contributed by atoms with van der Waals surface area (Å²) in [5.74, 6) is 0.541. The van der Waals surface area contributed by atoms with Gasteiger partial charge in [-0.25, -0.2) is 0 Å². The van der Waals surface area contributed by atoms with Gasteiger partial charge in [0.15, 0.2) is 5.78 Å². The van der Waals surface area contributed by atoms with Gasteiger partial charge < -0.3 is 5.11 Å². The van der Waals surface area contributed by atoms with Crippen LogP contribution in [0.2, 0.25) is 0 Å². The highest BCUT2D eigenvalue weighted by atomic mass is 16.3. The van der Waals surface area contributed by atoms with Gasteiger partial charge in [0.1, 0.15) is 0 Å². The molecule has 0 bridgehead atoms. The third-order valence-electron chi connectivity index (χ3n) is 3.76. The van der Waals surface area contributed by atoms with E-state index in [0.717, 1.165) is 31.5 Å². The number of rotatable bonds is 5. The van der Waals surface area contributed by atoms with E-state index in [-0.39, 0.29) is 18.4 Å². The molecule has 0 saturated carbocycles. The van der Waals surface area contributed by atoms with Crippen LogP contribution in [0.15, 0.2) is 30.3 Å². The van der Waals surface area contributed by atoms with Crippen LogP contribution in [0.25, 0.3) is 0 Å². The highest BCUT2D eigenvalue weighted by molar-refractivity contribution is 6.00. The van der Waals surface area contributed by atoms with Gasteiger partial charge in [0.25, 0.3) is 0 Å². The molecule has 2 atom stereocenters. The van der Waals surface area contributed by atoms with Gasteiger partial charge in [-0.3, -0.25) is 9.69 Å². The molecule has 2 rings (SSSR count). The van der Waals surface area contributed by atoms with Crippen molar-refractivity contribution in [1.82, 2.24) is 4.90 Å². The number of nitrogens with zero attached hydrogens (tertiary/aromatic N) is 1. The molecule has 18 heavy (non-hydrogen) atoms. The average molecular weight is 247 g/mol. The van der Waals surface area contributed by atoms with E-state index in [4.69, 9.17) is 0 Å². The van der Waals surface area contributed by atoms with Gasteiger partial charge in [-0.2, -0.15) is 0 Å². The molecule has 0 aliphatic carbocycles. The number of hydrogen-bond acceptors (Lipinski definition) is 3. The minimum absolute atomic E-state index is 0.0380. The second-order valence-electron chi connectivity index (χ2n) is 4.99. The Hall–Kier alpha value is -1.19. The maximum absolute atomic E-state index is 12.5. The van der Waals surface area contributed by atoms with Gasteiger partial charge in [-0.1, -0.05) is 37.3 Å². The molecule has 1 saturated heterocycles. The summed E-state index contributed by atoms with van der Waals surface area (Å²) < 4.78 is 0. The lowest BCUT2D eigenvalue weighted by molar-refractivity contribution is 0.0833. The Bertz CT molecular complexity index is 391. The zero-order valence-corrected chi connectivity index (χ0v) is 10.9. The fraction of sp³-hybridized carbons (Fsp3) is 0.533. The molecule has 0 aromatic heterocycles. The van der Waals surface area contributed by atoms with E-state index in [1.807, 2.05) is 30.3 Å². The highest BCUT2D eigenvalue weighted by Crippen LogP contribution is 2.21. The van der Waals surface area contributed by atoms with Crippen molar-refractivity contribution in [3.8, 4) is 0 Å². The summed E-state index contributed by atoms with van der Waals surface area (Å²) >= 11 is 0. The van der Waals surface area contributed by atoms with Gasteiger partial charge in [0, 0.05) is 18.7 Å². The van der Waals surface area contributed by atoms with Crippen LogP contribution >= 0.6 is 0 Å². The lowest BCUT2D eigenvalue weighted by atomic mass is 10.0. The van der Waals surface area contributed by atoms with E-state index in [1.54, 1.807) is 0 Å². The lowest BCUT2D eigenvalue weighted by Gasteiger charge is -2.25. The van der Waals surface area contributed by atoms with Gasteiger partial charge >= 0.3 is 0 Å². The van der Waals surface area contributed by atoms with Gasteiger partial charge in [-0.05, 0) is 25.3 Å². The normalized spacial score (nSPS) is 22.0. The smallest absolute Gasteiger partial charge is 0.179 e. The summed E-state index contributed by atoms with van der Waals surface area (Å²) in [4.78, 5) is 14.7. The van der Waals surface area contributed by atoms with Crippen LogP contribution in [-0.4, -0.2) is 41.5 Å². The third kappa shape index (κ3) is 2.79. The number of aliphatic hydroxyl groups excluding tert-OH is 1. The zero-order valence-electron chi connectivity index (χ0n) is 10.9. The fourth-order valence-electron chi connectivity index (χ4n) is 2.70. The van der Waals surface area contributed by atoms with E-state index in [9.17, 15) is 9.90 Å². The van der Waals surface area contributed by atoms with E-state index in [1.165, 1.54) is 0 Å². The molecule has 0 amide bonds. The molecule has 1 aromatic rings. The number of hydrogen-bond donors (Lipinski definition) is 1. The molecule has 0 radical (unpaired) electrons. The zero-order chi connectivity index (χ0) is 13.0. The Balaban J connectivity index is 2.07. The maximum Gasteiger partial charge on any atom is 0.179 e. The van der Waals surface area contributed by atoms with E-state index in [2.05, 4.69) is 11.8 Å².